The lowest BCUT2D eigenvalue weighted by atomic mass is 10.1. The second-order valence-electron chi connectivity index (χ2n) is 4.20. The minimum absolute atomic E-state index is 0.169. The fraction of sp³-hybridized carbons (Fsp3) is 0.417. The number of anilines is 1. The Morgan fingerprint density at radius 3 is 2.63 bits per heavy atom. The van der Waals surface area contributed by atoms with E-state index in [2.05, 4.69) is 0 Å². The Labute approximate surface area is 109 Å². The predicted octanol–water partition coefficient (Wildman–Crippen LogP) is 2.42. The Hall–Kier alpha value is -2.18. The number of rotatable bonds is 6. The highest BCUT2D eigenvalue weighted by atomic mass is 19.1. The fourth-order valence-corrected chi connectivity index (χ4v) is 1.70. The molecule has 0 saturated heterocycles. The molecule has 0 aliphatic carbocycles. The first-order valence-corrected chi connectivity index (χ1v) is 5.78. The summed E-state index contributed by atoms with van der Waals surface area (Å²) in [6.45, 7) is 3.29. The summed E-state index contributed by atoms with van der Waals surface area (Å²) < 4.78 is 13.4. The zero-order chi connectivity index (χ0) is 14.6. The molecule has 7 heteroatoms. The van der Waals surface area contributed by atoms with Gasteiger partial charge < -0.3 is 10.0 Å². The molecule has 1 aromatic carbocycles. The smallest absolute Gasteiger partial charge is 0.323 e. The molecular formula is C12H15FN2O4. The molecular weight excluding hydrogens is 255 g/mol. The van der Waals surface area contributed by atoms with E-state index in [-0.39, 0.29) is 18.3 Å². The summed E-state index contributed by atoms with van der Waals surface area (Å²) in [5.41, 5.74) is -0.197. The first-order chi connectivity index (χ1) is 8.85. The minimum atomic E-state index is -1.08. The van der Waals surface area contributed by atoms with Crippen molar-refractivity contribution in [3.8, 4) is 0 Å². The molecule has 0 spiro atoms. The van der Waals surface area contributed by atoms with E-state index in [9.17, 15) is 19.3 Å². The molecule has 1 aromatic rings. The van der Waals surface area contributed by atoms with Gasteiger partial charge >= 0.3 is 5.97 Å². The van der Waals surface area contributed by atoms with E-state index in [1.807, 2.05) is 6.92 Å². The Kier molecular flexibility index (Phi) is 4.80. The van der Waals surface area contributed by atoms with E-state index in [0.29, 0.717) is 6.42 Å². The van der Waals surface area contributed by atoms with E-state index in [4.69, 9.17) is 5.11 Å². The van der Waals surface area contributed by atoms with Gasteiger partial charge in [0.15, 0.2) is 0 Å². The van der Waals surface area contributed by atoms with Crippen LogP contribution in [0.4, 0.5) is 15.8 Å². The van der Waals surface area contributed by atoms with Crippen molar-refractivity contribution >= 4 is 17.3 Å². The minimum Gasteiger partial charge on any atom is -0.480 e. The molecule has 0 radical (unpaired) electrons. The molecule has 0 heterocycles. The number of nitro benzene ring substituents is 1. The number of carboxylic acids is 1. The van der Waals surface area contributed by atoms with Gasteiger partial charge in [-0.25, -0.2) is 4.39 Å². The van der Waals surface area contributed by atoms with Crippen molar-refractivity contribution in [3.63, 3.8) is 0 Å². The maximum absolute atomic E-state index is 13.4. The zero-order valence-corrected chi connectivity index (χ0v) is 10.7. The molecule has 0 amide bonds. The summed E-state index contributed by atoms with van der Waals surface area (Å²) in [4.78, 5) is 22.3. The van der Waals surface area contributed by atoms with Crippen LogP contribution in [0.1, 0.15) is 20.3 Å². The number of hydrogen-bond acceptors (Lipinski definition) is 4. The number of benzene rings is 1. The number of nitrogens with zero attached hydrogens (tertiary/aromatic N) is 2. The summed E-state index contributed by atoms with van der Waals surface area (Å²) in [7, 11) is 0. The molecule has 1 unspecified atom stereocenters. The third-order valence-corrected chi connectivity index (χ3v) is 2.84. The third kappa shape index (κ3) is 3.90. The van der Waals surface area contributed by atoms with Crippen molar-refractivity contribution in [2.45, 2.75) is 26.3 Å². The number of halogens is 1. The molecule has 1 N–H and O–H groups in total. The standard InChI is InChI=1S/C12H15FN2O4/c1-3-8(2)14(7-12(16)17)10-4-9(13)5-11(6-10)15(18)19/h4-6,8H,3,7H2,1-2H3,(H,16,17). The molecule has 0 aromatic heterocycles. The van der Waals surface area contributed by atoms with Crippen molar-refractivity contribution in [1.29, 1.82) is 0 Å². The topological polar surface area (TPSA) is 83.7 Å². The highest BCUT2D eigenvalue weighted by molar-refractivity contribution is 5.74. The molecule has 0 aliphatic rings. The lowest BCUT2D eigenvalue weighted by molar-refractivity contribution is -0.385. The molecule has 1 rings (SSSR count). The molecule has 6 nitrogen and oxygen atoms in total. The molecule has 104 valence electrons. The second kappa shape index (κ2) is 6.12. The molecule has 0 aliphatic heterocycles. The first-order valence-electron chi connectivity index (χ1n) is 5.78. The summed E-state index contributed by atoms with van der Waals surface area (Å²) in [6, 6.07) is 2.91. The Morgan fingerprint density at radius 2 is 2.16 bits per heavy atom. The van der Waals surface area contributed by atoms with Crippen molar-refractivity contribution < 1.29 is 19.2 Å². The first kappa shape index (κ1) is 14.9. The highest BCUT2D eigenvalue weighted by Gasteiger charge is 2.20. The Bertz CT molecular complexity index is 493. The van der Waals surface area contributed by atoms with Crippen LogP contribution in [-0.4, -0.2) is 28.6 Å². The number of carboxylic acid groups (broad SMARTS) is 1. The zero-order valence-electron chi connectivity index (χ0n) is 10.7. The molecule has 0 fully saturated rings. The van der Waals surface area contributed by atoms with E-state index < -0.39 is 22.4 Å². The van der Waals surface area contributed by atoms with Crippen LogP contribution in [0.15, 0.2) is 18.2 Å². The van der Waals surface area contributed by atoms with E-state index in [0.717, 1.165) is 12.1 Å². The van der Waals surface area contributed by atoms with Gasteiger partial charge in [0.25, 0.3) is 5.69 Å². The van der Waals surface area contributed by atoms with E-state index >= 15 is 0 Å². The van der Waals surface area contributed by atoms with Gasteiger partial charge in [0.05, 0.1) is 11.0 Å². The van der Waals surface area contributed by atoms with Crippen LogP contribution in [0.25, 0.3) is 0 Å². The average molecular weight is 270 g/mol. The van der Waals surface area contributed by atoms with Crippen LogP contribution in [0.2, 0.25) is 0 Å². The molecule has 0 bridgehead atoms. The van der Waals surface area contributed by atoms with E-state index in [1.54, 1.807) is 6.92 Å². The van der Waals surface area contributed by atoms with Crippen LogP contribution in [0.3, 0.4) is 0 Å². The SMILES string of the molecule is CCC(C)N(CC(=O)O)c1cc(F)cc([N+](=O)[O-])c1. The van der Waals surface area contributed by atoms with Gasteiger partial charge in [0, 0.05) is 17.8 Å². The van der Waals surface area contributed by atoms with Gasteiger partial charge in [-0.3, -0.25) is 14.9 Å². The van der Waals surface area contributed by atoms with Crippen LogP contribution >= 0.6 is 0 Å². The normalized spacial score (nSPS) is 11.9. The second-order valence-corrected chi connectivity index (χ2v) is 4.20. The fourth-order valence-electron chi connectivity index (χ4n) is 1.70. The quantitative estimate of drug-likeness (QED) is 0.634. The van der Waals surface area contributed by atoms with Gasteiger partial charge in [-0.2, -0.15) is 0 Å². The van der Waals surface area contributed by atoms with Crippen LogP contribution in [0, 0.1) is 15.9 Å². The average Bonchev–Trinajstić information content (AvgIpc) is 2.33. The van der Waals surface area contributed by atoms with Crippen molar-refractivity contribution in [2.24, 2.45) is 0 Å². The Morgan fingerprint density at radius 1 is 1.53 bits per heavy atom. The van der Waals surface area contributed by atoms with Gasteiger partial charge in [-0.05, 0) is 19.4 Å². The molecule has 1 atom stereocenters. The monoisotopic (exact) mass is 270 g/mol. The van der Waals surface area contributed by atoms with Crippen LogP contribution in [-0.2, 0) is 4.79 Å². The van der Waals surface area contributed by atoms with Gasteiger partial charge in [0.2, 0.25) is 0 Å². The van der Waals surface area contributed by atoms with Gasteiger partial charge in [0.1, 0.15) is 12.4 Å². The largest absolute Gasteiger partial charge is 0.480 e. The number of non-ortho nitro benzene ring substituents is 1. The molecule has 19 heavy (non-hydrogen) atoms. The number of nitro groups is 1. The summed E-state index contributed by atoms with van der Waals surface area (Å²) in [5, 5.41) is 19.6. The van der Waals surface area contributed by atoms with Crippen molar-refractivity contribution in [2.75, 3.05) is 11.4 Å². The maximum Gasteiger partial charge on any atom is 0.323 e. The lowest BCUT2D eigenvalue weighted by Gasteiger charge is -2.28. The number of hydrogen-bond donors (Lipinski definition) is 1. The summed E-state index contributed by atoms with van der Waals surface area (Å²) in [6.07, 6.45) is 0.636. The van der Waals surface area contributed by atoms with Gasteiger partial charge in [-0.1, -0.05) is 6.92 Å². The summed E-state index contributed by atoms with van der Waals surface area (Å²) >= 11 is 0. The van der Waals surface area contributed by atoms with Crippen LogP contribution < -0.4 is 4.90 Å². The van der Waals surface area contributed by atoms with Crippen molar-refractivity contribution in [3.05, 3.63) is 34.1 Å². The Balaban J connectivity index is 3.21. The lowest BCUT2D eigenvalue weighted by Crippen LogP contribution is -2.37. The van der Waals surface area contributed by atoms with Crippen LogP contribution in [0.5, 0.6) is 0 Å². The summed E-state index contributed by atoms with van der Waals surface area (Å²) in [5.74, 6) is -1.84. The van der Waals surface area contributed by atoms with E-state index in [1.165, 1.54) is 11.0 Å². The van der Waals surface area contributed by atoms with Gasteiger partial charge in [-0.15, -0.1) is 0 Å². The highest BCUT2D eigenvalue weighted by Crippen LogP contribution is 2.25. The maximum atomic E-state index is 13.4. The van der Waals surface area contributed by atoms with Crippen molar-refractivity contribution in [1.82, 2.24) is 0 Å². The predicted molar refractivity (Wildman–Crippen MR) is 67.8 cm³/mol. The number of carbonyl (C=O) groups is 1. The third-order valence-electron chi connectivity index (χ3n) is 2.84. The number of aliphatic carboxylic acids is 1. The molecule has 0 saturated carbocycles.